The van der Waals surface area contributed by atoms with Crippen LogP contribution in [-0.2, 0) is 16.5 Å². The molecule has 2 nitrogen and oxygen atoms in total. The molecule has 4 aliphatic rings. The molecule has 206 valence electrons. The monoisotopic (exact) mass is 562 g/mol. The van der Waals surface area contributed by atoms with Gasteiger partial charge in [-0.15, -0.1) is 9.13 Å². The van der Waals surface area contributed by atoms with Gasteiger partial charge in [0.05, 0.1) is 16.4 Å². The number of hydrogen-bond donors (Lipinski definition) is 0. The molecule has 1 atom stereocenters. The van der Waals surface area contributed by atoms with Crippen molar-refractivity contribution in [2.24, 2.45) is 0 Å². The number of rotatable bonds is 0. The maximum absolute atomic E-state index is 2.64. The van der Waals surface area contributed by atoms with Crippen LogP contribution in [0.5, 0.6) is 0 Å². The van der Waals surface area contributed by atoms with Gasteiger partial charge >= 0.3 is 5.66 Å². The van der Waals surface area contributed by atoms with E-state index in [2.05, 4.69) is 158 Å². The molecule has 0 amide bonds. The summed E-state index contributed by atoms with van der Waals surface area (Å²) in [7, 11) is 0. The Morgan fingerprint density at radius 1 is 0.500 bits per heavy atom. The number of fused-ring (bicyclic) bond motifs is 9. The molecular weight excluding hydrogens is 532 g/mol. The summed E-state index contributed by atoms with van der Waals surface area (Å²) in [6.45, 7) is 7.06. The molecular formula is C42H30N2+2. The molecule has 5 aromatic carbocycles. The number of nitrogens with zero attached hydrogens (tertiary/aromatic N) is 2. The number of pyridine rings is 2. The fourth-order valence-electron chi connectivity index (χ4n) is 9.84. The zero-order valence-corrected chi connectivity index (χ0v) is 25.0. The van der Waals surface area contributed by atoms with E-state index in [0.29, 0.717) is 0 Å². The lowest BCUT2D eigenvalue weighted by Crippen LogP contribution is -2.73. The fraction of sp³-hybridized carbons (Fsp3) is 0.143. The molecule has 0 saturated carbocycles. The van der Waals surface area contributed by atoms with Crippen LogP contribution in [0.15, 0.2) is 128 Å². The first-order valence-electron chi connectivity index (χ1n) is 15.8. The highest BCUT2D eigenvalue weighted by molar-refractivity contribution is 6.09. The maximum atomic E-state index is 2.64. The molecule has 2 aliphatic heterocycles. The molecule has 4 heterocycles. The van der Waals surface area contributed by atoms with Crippen molar-refractivity contribution in [3.63, 3.8) is 0 Å². The summed E-state index contributed by atoms with van der Waals surface area (Å²) in [6, 6.07) is 44.1. The van der Waals surface area contributed by atoms with E-state index in [4.69, 9.17) is 0 Å². The Hall–Kier alpha value is -5.08. The van der Waals surface area contributed by atoms with E-state index >= 15 is 0 Å². The van der Waals surface area contributed by atoms with Crippen LogP contribution in [0.4, 0.5) is 0 Å². The summed E-state index contributed by atoms with van der Waals surface area (Å²) in [4.78, 5) is 0. The van der Waals surface area contributed by atoms with Crippen molar-refractivity contribution in [2.45, 2.75) is 37.3 Å². The molecule has 0 bridgehead atoms. The van der Waals surface area contributed by atoms with Gasteiger partial charge in [0.15, 0.2) is 12.4 Å². The van der Waals surface area contributed by atoms with Crippen LogP contribution in [0.25, 0.3) is 44.1 Å². The van der Waals surface area contributed by atoms with Crippen LogP contribution in [-0.4, -0.2) is 0 Å². The minimum Gasteiger partial charge on any atom is -0.125 e. The second-order valence-corrected chi connectivity index (χ2v) is 14.1. The third-order valence-electron chi connectivity index (χ3n) is 11.2. The van der Waals surface area contributed by atoms with Crippen molar-refractivity contribution in [3.05, 3.63) is 167 Å². The van der Waals surface area contributed by atoms with Crippen LogP contribution in [0, 0.1) is 0 Å². The molecule has 2 aromatic heterocycles. The minimum atomic E-state index is -0.516. The minimum absolute atomic E-state index is 0.0214. The summed E-state index contributed by atoms with van der Waals surface area (Å²) in [5, 5.41) is 3.99. The van der Waals surface area contributed by atoms with Gasteiger partial charge in [-0.05, 0) is 68.4 Å². The number of hydrogen-bond acceptors (Lipinski definition) is 0. The van der Waals surface area contributed by atoms with Crippen LogP contribution in [0.1, 0.15) is 59.7 Å². The maximum Gasteiger partial charge on any atom is 0.418 e. The largest absolute Gasteiger partial charge is 0.418 e. The van der Waals surface area contributed by atoms with Gasteiger partial charge in [0.2, 0.25) is 11.2 Å². The van der Waals surface area contributed by atoms with E-state index in [9.17, 15) is 0 Å². The van der Waals surface area contributed by atoms with E-state index in [0.717, 1.165) is 0 Å². The van der Waals surface area contributed by atoms with Crippen LogP contribution in [0.2, 0.25) is 0 Å². The molecule has 44 heavy (non-hydrogen) atoms. The quantitative estimate of drug-likeness (QED) is 0.130. The van der Waals surface area contributed by atoms with E-state index < -0.39 is 11.1 Å². The van der Waals surface area contributed by atoms with Gasteiger partial charge in [-0.2, -0.15) is 0 Å². The van der Waals surface area contributed by atoms with E-state index in [1.54, 1.807) is 0 Å². The summed E-state index contributed by atoms with van der Waals surface area (Å²) < 4.78 is 5.26. The van der Waals surface area contributed by atoms with Gasteiger partial charge in [-0.1, -0.05) is 99.6 Å². The standard InChI is InChI=1S/C42H30N2/c1-40(2,3)34-18-10-24-44-39(34)29-14-8-17-32-36(29)42(44)37-33(22-21-25-19-20-26-11-9-23-43(42)38(26)35(25)37)41(32)30-15-6-4-12-27(30)28-13-5-7-16-31(28)41/h4-24H,1-3H3/q+2. The number of benzene rings is 5. The number of aromatic nitrogens is 2. The van der Waals surface area contributed by atoms with Crippen LogP contribution in [0.3, 0.4) is 0 Å². The Labute approximate surface area is 256 Å². The first-order valence-corrected chi connectivity index (χ1v) is 15.8. The van der Waals surface area contributed by atoms with Crippen molar-refractivity contribution in [1.29, 1.82) is 0 Å². The zero-order valence-electron chi connectivity index (χ0n) is 25.0. The average molecular weight is 563 g/mol. The topological polar surface area (TPSA) is 7.76 Å². The lowest BCUT2D eigenvalue weighted by Gasteiger charge is -2.41. The molecule has 0 fully saturated rings. The second-order valence-electron chi connectivity index (χ2n) is 14.1. The summed E-state index contributed by atoms with van der Waals surface area (Å²) in [6.07, 6.45) is 4.69. The van der Waals surface area contributed by atoms with Crippen molar-refractivity contribution < 1.29 is 9.13 Å². The van der Waals surface area contributed by atoms with Gasteiger partial charge in [0.25, 0.3) is 0 Å². The van der Waals surface area contributed by atoms with Gasteiger partial charge in [-0.3, -0.25) is 0 Å². The zero-order chi connectivity index (χ0) is 29.2. The molecule has 1 unspecified atom stereocenters. The molecule has 2 heteroatoms. The van der Waals surface area contributed by atoms with Crippen molar-refractivity contribution in [1.82, 2.24) is 0 Å². The van der Waals surface area contributed by atoms with E-state index in [-0.39, 0.29) is 5.41 Å². The third-order valence-corrected chi connectivity index (χ3v) is 11.2. The Morgan fingerprint density at radius 2 is 1.11 bits per heavy atom. The average Bonchev–Trinajstić information content (AvgIpc) is 3.65. The lowest BCUT2D eigenvalue weighted by atomic mass is 9.58. The second kappa shape index (κ2) is 7.17. The SMILES string of the molecule is CC(C)(C)c1ccc[n+]2c1-c1cccc3c1C21c2c(ccc4ccc5ccc[n+]1c5c24)C31c2ccccc2-c2ccccc21. The van der Waals surface area contributed by atoms with E-state index in [1.165, 1.54) is 83.0 Å². The molecule has 0 saturated heterocycles. The summed E-state index contributed by atoms with van der Waals surface area (Å²) in [5.41, 5.74) is 15.6. The van der Waals surface area contributed by atoms with Gasteiger partial charge < -0.3 is 0 Å². The molecule has 7 aromatic rings. The molecule has 2 spiro atoms. The Bertz CT molecular complexity index is 2450. The lowest BCUT2D eigenvalue weighted by molar-refractivity contribution is -0.950. The van der Waals surface area contributed by atoms with Crippen molar-refractivity contribution in [3.8, 4) is 22.4 Å². The van der Waals surface area contributed by atoms with Gasteiger partial charge in [-0.25, -0.2) is 0 Å². The van der Waals surface area contributed by atoms with Crippen molar-refractivity contribution in [2.75, 3.05) is 0 Å². The highest BCUT2D eigenvalue weighted by Gasteiger charge is 2.73. The third kappa shape index (κ3) is 2.21. The normalized spacial score (nSPS) is 18.6. The summed E-state index contributed by atoms with van der Waals surface area (Å²) >= 11 is 0. The van der Waals surface area contributed by atoms with Gasteiger partial charge in [0, 0.05) is 23.1 Å². The predicted molar refractivity (Wildman–Crippen MR) is 175 cm³/mol. The summed E-state index contributed by atoms with van der Waals surface area (Å²) in [5.74, 6) is 0. The molecule has 11 rings (SSSR count). The molecule has 2 aliphatic carbocycles. The molecule has 0 N–H and O–H groups in total. The van der Waals surface area contributed by atoms with Crippen LogP contribution >= 0.6 is 0 Å². The fourth-order valence-corrected chi connectivity index (χ4v) is 9.84. The van der Waals surface area contributed by atoms with E-state index in [1.807, 2.05) is 0 Å². The van der Waals surface area contributed by atoms with Crippen molar-refractivity contribution >= 4 is 21.7 Å². The van der Waals surface area contributed by atoms with Gasteiger partial charge in [0.1, 0.15) is 11.1 Å². The Morgan fingerprint density at radius 3 is 1.89 bits per heavy atom. The Balaban J connectivity index is 1.47. The Kier molecular flexibility index (Phi) is 3.81. The smallest absolute Gasteiger partial charge is 0.125 e. The van der Waals surface area contributed by atoms with Crippen LogP contribution < -0.4 is 9.13 Å². The first kappa shape index (κ1) is 23.4. The highest BCUT2D eigenvalue weighted by Crippen LogP contribution is 2.65. The highest BCUT2D eigenvalue weighted by atomic mass is 15.3. The predicted octanol–water partition coefficient (Wildman–Crippen LogP) is 8.13. The first-order chi connectivity index (χ1) is 21.5. The molecule has 0 radical (unpaired) electrons.